The number of hydrogen-bond donors (Lipinski definition) is 2. The summed E-state index contributed by atoms with van der Waals surface area (Å²) in [6.07, 6.45) is 1.27. The minimum absolute atomic E-state index is 0.0445. The van der Waals surface area contributed by atoms with E-state index in [1.54, 1.807) is 7.11 Å². The van der Waals surface area contributed by atoms with Gasteiger partial charge in [-0.2, -0.15) is 0 Å². The van der Waals surface area contributed by atoms with Crippen molar-refractivity contribution in [3.63, 3.8) is 0 Å². The summed E-state index contributed by atoms with van der Waals surface area (Å²) in [4.78, 5) is 11.5. The zero-order valence-corrected chi connectivity index (χ0v) is 10.8. The number of amides is 1. The molecule has 0 aromatic carbocycles. The quantitative estimate of drug-likeness (QED) is 0.677. The summed E-state index contributed by atoms with van der Waals surface area (Å²) in [7, 11) is 1.64. The third-order valence-electron chi connectivity index (χ3n) is 3.22. The van der Waals surface area contributed by atoms with Gasteiger partial charge in [-0.3, -0.25) is 4.79 Å². The first-order chi connectivity index (χ1) is 7.45. The van der Waals surface area contributed by atoms with Gasteiger partial charge in [-0.05, 0) is 31.2 Å². The summed E-state index contributed by atoms with van der Waals surface area (Å²) in [5, 5.41) is 6.07. The van der Waals surface area contributed by atoms with Gasteiger partial charge in [-0.25, -0.2) is 0 Å². The molecule has 2 atom stereocenters. The lowest BCUT2D eigenvalue weighted by molar-refractivity contribution is -0.121. The Kier molecular flexibility index (Phi) is 4.74. The van der Waals surface area contributed by atoms with Crippen molar-refractivity contribution in [2.45, 2.75) is 33.2 Å². The third kappa shape index (κ3) is 4.49. The topological polar surface area (TPSA) is 50.4 Å². The van der Waals surface area contributed by atoms with E-state index in [9.17, 15) is 4.79 Å². The van der Waals surface area contributed by atoms with Crippen LogP contribution in [0.1, 0.15) is 27.2 Å². The molecule has 1 rings (SSSR count). The van der Waals surface area contributed by atoms with Crippen molar-refractivity contribution in [3.05, 3.63) is 0 Å². The van der Waals surface area contributed by atoms with Gasteiger partial charge in [-0.1, -0.05) is 13.8 Å². The Labute approximate surface area is 98.1 Å². The second-order valence-electron chi connectivity index (χ2n) is 5.44. The van der Waals surface area contributed by atoms with E-state index < -0.39 is 0 Å². The Hall–Kier alpha value is -0.610. The predicted octanol–water partition coefficient (Wildman–Crippen LogP) is 0.773. The number of nitrogens with one attached hydrogen (secondary N) is 2. The van der Waals surface area contributed by atoms with E-state index in [4.69, 9.17) is 4.74 Å². The number of ether oxygens (including phenoxy) is 1. The van der Waals surface area contributed by atoms with Crippen LogP contribution in [-0.2, 0) is 9.53 Å². The monoisotopic (exact) mass is 228 g/mol. The molecule has 1 aliphatic carbocycles. The van der Waals surface area contributed by atoms with E-state index in [1.165, 1.54) is 6.42 Å². The average molecular weight is 228 g/mol. The van der Waals surface area contributed by atoms with Gasteiger partial charge < -0.3 is 15.4 Å². The Bertz CT molecular complexity index is 241. The van der Waals surface area contributed by atoms with Gasteiger partial charge in [0, 0.05) is 13.2 Å². The highest BCUT2D eigenvalue weighted by atomic mass is 16.5. The van der Waals surface area contributed by atoms with E-state index >= 15 is 0 Å². The average Bonchev–Trinajstić information content (AvgIpc) is 2.74. The fraction of sp³-hybridized carbons (Fsp3) is 0.917. The molecule has 0 saturated heterocycles. The van der Waals surface area contributed by atoms with E-state index in [1.807, 2.05) is 6.92 Å². The second-order valence-corrected chi connectivity index (χ2v) is 5.44. The van der Waals surface area contributed by atoms with Crippen molar-refractivity contribution in [1.82, 2.24) is 10.6 Å². The molecule has 0 spiro atoms. The van der Waals surface area contributed by atoms with Crippen LogP contribution in [0.3, 0.4) is 0 Å². The largest absolute Gasteiger partial charge is 0.383 e. The van der Waals surface area contributed by atoms with Crippen molar-refractivity contribution in [2.75, 3.05) is 26.8 Å². The second kappa shape index (κ2) is 5.64. The fourth-order valence-corrected chi connectivity index (χ4v) is 1.90. The summed E-state index contributed by atoms with van der Waals surface area (Å²) in [5.41, 5.74) is 0.479. The van der Waals surface area contributed by atoms with Crippen LogP contribution >= 0.6 is 0 Å². The zero-order chi connectivity index (χ0) is 12.2. The van der Waals surface area contributed by atoms with Gasteiger partial charge in [0.25, 0.3) is 0 Å². The van der Waals surface area contributed by atoms with E-state index in [2.05, 4.69) is 24.5 Å². The highest BCUT2D eigenvalue weighted by Gasteiger charge is 2.44. The molecule has 0 bridgehead atoms. The predicted molar refractivity (Wildman–Crippen MR) is 64.2 cm³/mol. The Morgan fingerprint density at radius 2 is 2.19 bits per heavy atom. The number of hydrogen-bond acceptors (Lipinski definition) is 3. The number of rotatable bonds is 7. The van der Waals surface area contributed by atoms with Crippen molar-refractivity contribution in [1.29, 1.82) is 0 Å². The van der Waals surface area contributed by atoms with E-state index in [0.717, 1.165) is 12.5 Å². The molecule has 4 heteroatoms. The van der Waals surface area contributed by atoms with Crippen LogP contribution in [0.5, 0.6) is 0 Å². The summed E-state index contributed by atoms with van der Waals surface area (Å²) in [5.74, 6) is 0.778. The van der Waals surface area contributed by atoms with E-state index in [-0.39, 0.29) is 11.9 Å². The van der Waals surface area contributed by atoms with Crippen molar-refractivity contribution < 1.29 is 9.53 Å². The zero-order valence-electron chi connectivity index (χ0n) is 10.8. The highest BCUT2D eigenvalue weighted by molar-refractivity contribution is 5.78. The minimum atomic E-state index is 0.0445. The summed E-state index contributed by atoms with van der Waals surface area (Å²) in [6.45, 7) is 8.37. The molecule has 1 saturated carbocycles. The van der Waals surface area contributed by atoms with Gasteiger partial charge in [0.2, 0.25) is 5.91 Å². The first-order valence-corrected chi connectivity index (χ1v) is 5.94. The van der Waals surface area contributed by atoms with Crippen LogP contribution in [-0.4, -0.2) is 38.8 Å². The van der Waals surface area contributed by atoms with Crippen LogP contribution in [0.25, 0.3) is 0 Å². The molecule has 2 N–H and O–H groups in total. The van der Waals surface area contributed by atoms with Crippen LogP contribution in [0.4, 0.5) is 0 Å². The maximum atomic E-state index is 11.5. The minimum Gasteiger partial charge on any atom is -0.383 e. The third-order valence-corrected chi connectivity index (χ3v) is 3.22. The first-order valence-electron chi connectivity index (χ1n) is 5.94. The summed E-state index contributed by atoms with van der Waals surface area (Å²) in [6, 6.07) is 0.0802. The molecule has 0 radical (unpaired) electrons. The molecule has 16 heavy (non-hydrogen) atoms. The van der Waals surface area contributed by atoms with Crippen LogP contribution in [0.15, 0.2) is 0 Å². The van der Waals surface area contributed by atoms with Gasteiger partial charge in [0.05, 0.1) is 13.2 Å². The molecule has 1 amide bonds. The molecular weight excluding hydrogens is 204 g/mol. The SMILES string of the molecule is COCC(C)NC(=O)CNCC1CC1(C)C. The number of carbonyl (C=O) groups is 1. The normalized spacial score (nSPS) is 23.9. The van der Waals surface area contributed by atoms with Crippen LogP contribution in [0, 0.1) is 11.3 Å². The van der Waals surface area contributed by atoms with Gasteiger partial charge >= 0.3 is 0 Å². The van der Waals surface area contributed by atoms with E-state index in [0.29, 0.717) is 18.6 Å². The highest BCUT2D eigenvalue weighted by Crippen LogP contribution is 2.50. The van der Waals surface area contributed by atoms with Crippen molar-refractivity contribution in [2.24, 2.45) is 11.3 Å². The molecule has 1 aliphatic rings. The molecule has 0 heterocycles. The number of carbonyl (C=O) groups excluding carboxylic acids is 1. The molecule has 0 aromatic heterocycles. The standard InChI is InChI=1S/C12H24N2O2/c1-9(8-16-4)14-11(15)7-13-6-10-5-12(10,2)3/h9-10,13H,5-8H2,1-4H3,(H,14,15). The van der Waals surface area contributed by atoms with Crippen molar-refractivity contribution >= 4 is 5.91 Å². The smallest absolute Gasteiger partial charge is 0.234 e. The van der Waals surface area contributed by atoms with Crippen molar-refractivity contribution in [3.8, 4) is 0 Å². The molecule has 2 unspecified atom stereocenters. The Morgan fingerprint density at radius 3 is 2.69 bits per heavy atom. The fourth-order valence-electron chi connectivity index (χ4n) is 1.90. The Balaban J connectivity index is 2.02. The van der Waals surface area contributed by atoms with Crippen LogP contribution < -0.4 is 10.6 Å². The lowest BCUT2D eigenvalue weighted by Crippen LogP contribution is -2.41. The molecule has 0 aliphatic heterocycles. The maximum absolute atomic E-state index is 11.5. The molecule has 4 nitrogen and oxygen atoms in total. The molecule has 94 valence electrons. The lowest BCUT2D eigenvalue weighted by Gasteiger charge is -2.13. The van der Waals surface area contributed by atoms with Gasteiger partial charge in [0.15, 0.2) is 0 Å². The first kappa shape index (κ1) is 13.5. The lowest BCUT2D eigenvalue weighted by atomic mass is 10.1. The van der Waals surface area contributed by atoms with Crippen LogP contribution in [0.2, 0.25) is 0 Å². The molecule has 0 aromatic rings. The summed E-state index contributed by atoms with van der Waals surface area (Å²) < 4.78 is 4.95. The molecule has 1 fully saturated rings. The Morgan fingerprint density at radius 1 is 1.56 bits per heavy atom. The number of methoxy groups -OCH3 is 1. The molecular formula is C12H24N2O2. The maximum Gasteiger partial charge on any atom is 0.234 e. The summed E-state index contributed by atoms with van der Waals surface area (Å²) >= 11 is 0. The van der Waals surface area contributed by atoms with Gasteiger partial charge in [0.1, 0.15) is 0 Å². The van der Waals surface area contributed by atoms with Gasteiger partial charge in [-0.15, -0.1) is 0 Å².